The van der Waals surface area contributed by atoms with E-state index in [1.165, 1.54) is 50.2 Å². The molecular formula is C37H39Cl2SiZr-3. The number of benzene rings is 4. The van der Waals surface area contributed by atoms with Crippen LogP contribution in [-0.4, -0.2) is 9.52 Å². The molecule has 41 heavy (non-hydrogen) atoms. The number of halogens is 2. The Bertz CT molecular complexity index is 1430. The van der Waals surface area contributed by atoms with Gasteiger partial charge in [0.2, 0.25) is 0 Å². The molecule has 6 rings (SSSR count). The molecule has 0 heterocycles. The van der Waals surface area contributed by atoms with Crippen LogP contribution in [-0.2, 0) is 20.8 Å². The third-order valence-corrected chi connectivity index (χ3v) is 6.45. The summed E-state index contributed by atoms with van der Waals surface area (Å²) in [5.41, 5.74) is 5.42. The van der Waals surface area contributed by atoms with Crippen molar-refractivity contribution in [1.82, 2.24) is 0 Å². The van der Waals surface area contributed by atoms with Crippen LogP contribution in [0.4, 0.5) is 0 Å². The number of fused-ring (bicyclic) bond motifs is 2. The van der Waals surface area contributed by atoms with Gasteiger partial charge in [0.05, 0.1) is 0 Å². The van der Waals surface area contributed by atoms with E-state index in [0.29, 0.717) is 5.92 Å². The van der Waals surface area contributed by atoms with Crippen LogP contribution in [0.3, 0.4) is 0 Å². The Morgan fingerprint density at radius 3 is 2.02 bits per heavy atom. The summed E-state index contributed by atoms with van der Waals surface area (Å²) in [6.07, 6.45) is 1.19. The van der Waals surface area contributed by atoms with Crippen molar-refractivity contribution in [3.05, 3.63) is 145 Å². The second-order valence-electron chi connectivity index (χ2n) is 9.58. The zero-order chi connectivity index (χ0) is 29.9. The molecule has 0 aliphatic heterocycles. The molecule has 212 valence electrons. The molecule has 6 aromatic carbocycles. The quantitative estimate of drug-likeness (QED) is 0.130. The molecular weight excluding hydrogens is 635 g/mol. The summed E-state index contributed by atoms with van der Waals surface area (Å²) in [6.45, 7) is 11.0. The van der Waals surface area contributed by atoms with E-state index in [0.717, 1.165) is 9.52 Å². The fourth-order valence-corrected chi connectivity index (χ4v) is 4.28. The smallest absolute Gasteiger partial charge is 0.0809 e. The predicted octanol–water partition coefficient (Wildman–Crippen LogP) is 12.3. The van der Waals surface area contributed by atoms with Crippen molar-refractivity contribution in [2.75, 3.05) is 0 Å². The number of hydrogen-bond donors (Lipinski definition) is 0. The predicted molar refractivity (Wildman–Crippen MR) is 182 cm³/mol. The first-order valence-electron chi connectivity index (χ1n) is 13.8. The van der Waals surface area contributed by atoms with Crippen LogP contribution >= 0.6 is 17.0 Å². The summed E-state index contributed by atoms with van der Waals surface area (Å²) in [5, 5.41) is 5.36. The minimum absolute atomic E-state index is 0.640. The molecule has 0 spiro atoms. The molecule has 1 atom stereocenters. The molecule has 0 bridgehead atoms. The normalized spacial score (nSPS) is 10.4. The first-order chi connectivity index (χ1) is 20.0. The first kappa shape index (κ1) is 35.0. The van der Waals surface area contributed by atoms with E-state index in [9.17, 15) is 0 Å². The summed E-state index contributed by atoms with van der Waals surface area (Å²) < 4.78 is 0. The van der Waals surface area contributed by atoms with Crippen LogP contribution in [0.25, 0.3) is 32.7 Å². The van der Waals surface area contributed by atoms with Gasteiger partial charge < -0.3 is 0 Å². The summed E-state index contributed by atoms with van der Waals surface area (Å²) in [5.74, 6) is 0.640. The Labute approximate surface area is 269 Å². The van der Waals surface area contributed by atoms with Crippen molar-refractivity contribution in [3.63, 3.8) is 0 Å². The van der Waals surface area contributed by atoms with Crippen LogP contribution in [0, 0.1) is 13.0 Å². The Morgan fingerprint density at radius 1 is 0.829 bits per heavy atom. The second-order valence-corrected chi connectivity index (χ2v) is 14.3. The van der Waals surface area contributed by atoms with Gasteiger partial charge >= 0.3 is 37.9 Å². The van der Waals surface area contributed by atoms with Gasteiger partial charge in [-0.1, -0.05) is 75.8 Å². The average Bonchev–Trinajstić information content (AvgIpc) is 3.65. The molecule has 0 aliphatic carbocycles. The molecule has 0 aliphatic rings. The minimum Gasteiger partial charge on any atom is -0.184 e. The van der Waals surface area contributed by atoms with E-state index in [-0.39, 0.29) is 0 Å². The maximum Gasteiger partial charge on any atom is -0.0809 e. The van der Waals surface area contributed by atoms with Gasteiger partial charge in [0.15, 0.2) is 0 Å². The van der Waals surface area contributed by atoms with Gasteiger partial charge in [-0.3, -0.25) is 0 Å². The van der Waals surface area contributed by atoms with Crippen LogP contribution in [0.2, 0.25) is 13.1 Å². The number of rotatable bonds is 3. The van der Waals surface area contributed by atoms with E-state index in [1.54, 1.807) is 0 Å². The average molecular weight is 674 g/mol. The number of hydrogen-bond acceptors (Lipinski definition) is 0. The van der Waals surface area contributed by atoms with Crippen LogP contribution in [0.5, 0.6) is 0 Å². The van der Waals surface area contributed by atoms with Crippen molar-refractivity contribution in [2.45, 2.75) is 46.2 Å². The van der Waals surface area contributed by atoms with E-state index in [4.69, 9.17) is 17.0 Å². The van der Waals surface area contributed by atoms with Crippen molar-refractivity contribution < 1.29 is 20.8 Å². The molecule has 0 saturated carbocycles. The zero-order valence-corrected chi connectivity index (χ0v) is 29.6. The molecule has 0 saturated heterocycles. The van der Waals surface area contributed by atoms with Gasteiger partial charge in [-0.15, -0.1) is 64.2 Å². The minimum atomic E-state index is -0.826. The third kappa shape index (κ3) is 12.3. The molecule has 0 nitrogen and oxygen atoms in total. The molecule has 2 radical (unpaired) electrons. The van der Waals surface area contributed by atoms with Gasteiger partial charge in [-0.05, 0) is 23.5 Å². The standard InChI is InChI=1S/C20H21.C9H7.C6H5.C2H6Si.2ClH.Zr/c1-4-15(3)16-8-10-17(11-9-16)19-7-5-6-18-12-14(2)13-20(18)19;1-2-5-9-7-3-6-8(9)4-1;1-2-4-6-5-3-1;1-3-2;;;/h5-13,15H,4H2,1-3H3;1-7H;1-5H;1-2H3;2*1H;/q3*-1;;;;+2/p-2. The van der Waals surface area contributed by atoms with Crippen molar-refractivity contribution in [2.24, 2.45) is 0 Å². The van der Waals surface area contributed by atoms with Crippen LogP contribution < -0.4 is 0 Å². The maximum atomic E-state index is 4.93. The summed E-state index contributed by atoms with van der Waals surface area (Å²) >= 11 is -0.826. The third-order valence-electron chi connectivity index (χ3n) is 6.45. The van der Waals surface area contributed by atoms with E-state index < -0.39 is 20.8 Å². The van der Waals surface area contributed by atoms with Crippen molar-refractivity contribution in [3.8, 4) is 11.1 Å². The molecule has 0 fully saturated rings. The molecule has 4 heteroatoms. The summed E-state index contributed by atoms with van der Waals surface area (Å²) in [4.78, 5) is 0. The topological polar surface area (TPSA) is 0 Å². The summed E-state index contributed by atoms with van der Waals surface area (Å²) in [7, 11) is 11.0. The van der Waals surface area contributed by atoms with E-state index >= 15 is 0 Å². The molecule has 6 aromatic rings. The van der Waals surface area contributed by atoms with Gasteiger partial charge in [-0.2, -0.15) is 60.0 Å². The monoisotopic (exact) mass is 671 g/mol. The fourth-order valence-electron chi connectivity index (χ4n) is 4.28. The summed E-state index contributed by atoms with van der Waals surface area (Å²) in [6, 6.07) is 47.4. The van der Waals surface area contributed by atoms with E-state index in [1.807, 2.05) is 30.3 Å². The molecule has 0 aromatic heterocycles. The molecule has 1 unspecified atom stereocenters. The Kier molecular flexibility index (Phi) is 17.6. The van der Waals surface area contributed by atoms with Gasteiger partial charge in [0.1, 0.15) is 0 Å². The maximum absolute atomic E-state index is 4.93. The SMILES string of the molecule is CCC(C)c1ccc(-c2cccc3[cH-]c(C)cc23)cc1.C[Si]C.[Cl][Zr][Cl].[c-]1ccccc1.c1ccc2[cH-]ccc2c1. The van der Waals surface area contributed by atoms with Gasteiger partial charge in [-0.25, -0.2) is 0 Å². The van der Waals surface area contributed by atoms with Gasteiger partial charge in [0.25, 0.3) is 0 Å². The van der Waals surface area contributed by atoms with Crippen LogP contribution in [0.1, 0.15) is 37.3 Å². The molecule has 0 amide bonds. The van der Waals surface area contributed by atoms with Crippen molar-refractivity contribution in [1.29, 1.82) is 0 Å². The fraction of sp³-hybridized carbons (Fsp3) is 0.189. The van der Waals surface area contributed by atoms with E-state index in [2.05, 4.69) is 137 Å². The first-order valence-corrected chi connectivity index (χ1v) is 22.1. The van der Waals surface area contributed by atoms with Crippen LogP contribution in [0.15, 0.2) is 127 Å². The van der Waals surface area contributed by atoms with Crippen molar-refractivity contribution >= 4 is 48.1 Å². The second kappa shape index (κ2) is 20.6. The Morgan fingerprint density at radius 2 is 1.46 bits per heavy atom. The number of aryl methyl sites for hydroxylation is 1. The van der Waals surface area contributed by atoms with Gasteiger partial charge in [0, 0.05) is 9.52 Å². The molecule has 0 N–H and O–H groups in total. The zero-order valence-electron chi connectivity index (χ0n) is 24.7. The Hall–Kier alpha value is -2.22. The largest absolute Gasteiger partial charge is 0.184 e. The Balaban J connectivity index is 0.000000229.